The van der Waals surface area contributed by atoms with Crippen LogP contribution >= 0.6 is 0 Å². The number of hydrogen-bond donors (Lipinski definition) is 0. The number of nitrogens with zero attached hydrogens (tertiary/aromatic N) is 1. The van der Waals surface area contributed by atoms with Gasteiger partial charge in [0.2, 0.25) is 0 Å². The van der Waals surface area contributed by atoms with E-state index in [-0.39, 0.29) is 0 Å². The van der Waals surface area contributed by atoms with E-state index in [9.17, 15) is 0 Å². The molecule has 0 aromatic rings. The van der Waals surface area contributed by atoms with Crippen molar-refractivity contribution in [2.24, 2.45) is 5.41 Å². The highest BCUT2D eigenvalue weighted by atomic mass is 15.2. The second kappa shape index (κ2) is 4.99. The van der Waals surface area contributed by atoms with Gasteiger partial charge in [-0.1, -0.05) is 34.6 Å². The Morgan fingerprint density at radius 1 is 1.08 bits per heavy atom. The SMILES string of the molecule is CCC(N(CC)C(C)C)C(C)(C)C. The van der Waals surface area contributed by atoms with Gasteiger partial charge in [0.1, 0.15) is 0 Å². The summed E-state index contributed by atoms with van der Waals surface area (Å²) in [7, 11) is 0. The number of rotatable bonds is 4. The minimum Gasteiger partial charge on any atom is -0.298 e. The van der Waals surface area contributed by atoms with Crippen molar-refractivity contribution in [3.05, 3.63) is 0 Å². The van der Waals surface area contributed by atoms with Gasteiger partial charge in [-0.3, -0.25) is 4.90 Å². The molecule has 0 N–H and O–H groups in total. The first-order valence-electron chi connectivity index (χ1n) is 5.60. The summed E-state index contributed by atoms with van der Waals surface area (Å²) in [4.78, 5) is 2.60. The van der Waals surface area contributed by atoms with Crippen LogP contribution in [0.4, 0.5) is 0 Å². The maximum atomic E-state index is 2.60. The molecule has 0 spiro atoms. The highest BCUT2D eigenvalue weighted by molar-refractivity contribution is 4.83. The maximum absolute atomic E-state index is 2.60. The Morgan fingerprint density at radius 3 is 1.62 bits per heavy atom. The van der Waals surface area contributed by atoms with Crippen LogP contribution in [0, 0.1) is 5.41 Å². The van der Waals surface area contributed by atoms with E-state index < -0.39 is 0 Å². The normalized spacial score (nSPS) is 15.5. The lowest BCUT2D eigenvalue weighted by molar-refractivity contribution is 0.0728. The molecule has 80 valence electrons. The first-order valence-corrected chi connectivity index (χ1v) is 5.60. The van der Waals surface area contributed by atoms with Crippen LogP contribution in [0.1, 0.15) is 54.9 Å². The van der Waals surface area contributed by atoms with Crippen molar-refractivity contribution in [2.75, 3.05) is 6.54 Å². The van der Waals surface area contributed by atoms with Crippen molar-refractivity contribution in [2.45, 2.75) is 67.0 Å². The van der Waals surface area contributed by atoms with Crippen LogP contribution in [0.5, 0.6) is 0 Å². The molecule has 13 heavy (non-hydrogen) atoms. The topological polar surface area (TPSA) is 3.24 Å². The van der Waals surface area contributed by atoms with Crippen molar-refractivity contribution in [3.63, 3.8) is 0 Å². The summed E-state index contributed by atoms with van der Waals surface area (Å²) in [5.74, 6) is 0. The van der Waals surface area contributed by atoms with Crippen molar-refractivity contribution in [1.29, 1.82) is 0 Å². The first-order chi connectivity index (χ1) is 5.84. The van der Waals surface area contributed by atoms with Crippen molar-refractivity contribution in [1.82, 2.24) is 4.90 Å². The van der Waals surface area contributed by atoms with E-state index in [4.69, 9.17) is 0 Å². The van der Waals surface area contributed by atoms with Gasteiger partial charge in [-0.05, 0) is 32.2 Å². The van der Waals surface area contributed by atoms with Crippen LogP contribution in [0.2, 0.25) is 0 Å². The quantitative estimate of drug-likeness (QED) is 0.647. The molecule has 1 heteroatoms. The Kier molecular flexibility index (Phi) is 4.98. The van der Waals surface area contributed by atoms with Gasteiger partial charge in [0, 0.05) is 12.1 Å². The van der Waals surface area contributed by atoms with Crippen molar-refractivity contribution < 1.29 is 0 Å². The Morgan fingerprint density at radius 2 is 1.54 bits per heavy atom. The third kappa shape index (κ3) is 3.68. The molecule has 1 atom stereocenters. The molecular weight excluding hydrogens is 158 g/mol. The van der Waals surface area contributed by atoms with Crippen LogP contribution in [0.25, 0.3) is 0 Å². The molecule has 1 nitrogen and oxygen atoms in total. The van der Waals surface area contributed by atoms with E-state index in [1.165, 1.54) is 6.42 Å². The fraction of sp³-hybridized carbons (Fsp3) is 1.00. The third-order valence-corrected chi connectivity index (χ3v) is 2.82. The maximum Gasteiger partial charge on any atom is 0.0144 e. The zero-order valence-electron chi connectivity index (χ0n) is 10.5. The number of hydrogen-bond acceptors (Lipinski definition) is 1. The minimum atomic E-state index is 0.398. The molecule has 0 aromatic heterocycles. The molecule has 0 fully saturated rings. The third-order valence-electron chi connectivity index (χ3n) is 2.82. The van der Waals surface area contributed by atoms with Gasteiger partial charge in [0.05, 0.1) is 0 Å². The van der Waals surface area contributed by atoms with Crippen LogP contribution in [0.3, 0.4) is 0 Å². The smallest absolute Gasteiger partial charge is 0.0144 e. The van der Waals surface area contributed by atoms with E-state index in [1.807, 2.05) is 0 Å². The largest absolute Gasteiger partial charge is 0.298 e. The van der Waals surface area contributed by atoms with Crippen LogP contribution in [-0.4, -0.2) is 23.5 Å². The van der Waals surface area contributed by atoms with E-state index in [1.54, 1.807) is 0 Å². The summed E-state index contributed by atoms with van der Waals surface area (Å²) in [5, 5.41) is 0. The monoisotopic (exact) mass is 185 g/mol. The molecule has 0 aliphatic heterocycles. The van der Waals surface area contributed by atoms with E-state index in [2.05, 4.69) is 53.4 Å². The summed E-state index contributed by atoms with van der Waals surface area (Å²) in [6.07, 6.45) is 1.25. The molecule has 0 amide bonds. The Bertz CT molecular complexity index is 133. The van der Waals surface area contributed by atoms with Crippen LogP contribution in [0.15, 0.2) is 0 Å². The highest BCUT2D eigenvalue weighted by Crippen LogP contribution is 2.27. The molecule has 0 saturated heterocycles. The molecular formula is C12H27N. The van der Waals surface area contributed by atoms with Gasteiger partial charge >= 0.3 is 0 Å². The molecule has 0 radical (unpaired) electrons. The summed E-state index contributed by atoms with van der Waals surface area (Å²) in [5.41, 5.74) is 0.398. The van der Waals surface area contributed by atoms with Gasteiger partial charge in [-0.2, -0.15) is 0 Å². The van der Waals surface area contributed by atoms with Crippen LogP contribution in [-0.2, 0) is 0 Å². The van der Waals surface area contributed by atoms with Crippen molar-refractivity contribution >= 4 is 0 Å². The Hall–Kier alpha value is -0.0400. The molecule has 0 bridgehead atoms. The van der Waals surface area contributed by atoms with Crippen LogP contribution < -0.4 is 0 Å². The van der Waals surface area contributed by atoms with Gasteiger partial charge in [0.25, 0.3) is 0 Å². The molecule has 0 heterocycles. The average molecular weight is 185 g/mol. The fourth-order valence-corrected chi connectivity index (χ4v) is 2.29. The zero-order chi connectivity index (χ0) is 10.6. The average Bonchev–Trinajstić information content (AvgIpc) is 1.96. The second-order valence-electron chi connectivity index (χ2n) is 5.21. The second-order valence-corrected chi connectivity index (χ2v) is 5.21. The van der Waals surface area contributed by atoms with E-state index in [0.29, 0.717) is 17.5 Å². The predicted molar refractivity (Wildman–Crippen MR) is 61.1 cm³/mol. The lowest BCUT2D eigenvalue weighted by Crippen LogP contribution is -2.47. The van der Waals surface area contributed by atoms with Gasteiger partial charge < -0.3 is 0 Å². The molecule has 0 saturated carbocycles. The molecule has 0 aromatic carbocycles. The lowest BCUT2D eigenvalue weighted by Gasteiger charge is -2.41. The summed E-state index contributed by atoms with van der Waals surface area (Å²) >= 11 is 0. The van der Waals surface area contributed by atoms with Gasteiger partial charge in [-0.15, -0.1) is 0 Å². The van der Waals surface area contributed by atoms with E-state index >= 15 is 0 Å². The summed E-state index contributed by atoms with van der Waals surface area (Å²) in [6, 6.07) is 1.37. The van der Waals surface area contributed by atoms with Gasteiger partial charge in [0.15, 0.2) is 0 Å². The Balaban J connectivity index is 4.53. The van der Waals surface area contributed by atoms with E-state index in [0.717, 1.165) is 6.54 Å². The van der Waals surface area contributed by atoms with Gasteiger partial charge in [-0.25, -0.2) is 0 Å². The highest BCUT2D eigenvalue weighted by Gasteiger charge is 2.28. The summed E-state index contributed by atoms with van der Waals surface area (Å²) < 4.78 is 0. The van der Waals surface area contributed by atoms with Crippen molar-refractivity contribution in [3.8, 4) is 0 Å². The predicted octanol–water partition coefficient (Wildman–Crippen LogP) is 3.54. The molecule has 0 aliphatic carbocycles. The zero-order valence-corrected chi connectivity index (χ0v) is 10.5. The molecule has 0 aliphatic rings. The summed E-state index contributed by atoms with van der Waals surface area (Å²) in [6.45, 7) is 17.3. The first kappa shape index (κ1) is 13.0. The standard InChI is InChI=1S/C12H27N/c1-8-11(12(5,6)7)13(9-2)10(3)4/h10-11H,8-9H2,1-7H3. The Labute approximate surface area is 84.5 Å². The lowest BCUT2D eigenvalue weighted by atomic mass is 9.83. The minimum absolute atomic E-state index is 0.398. The molecule has 1 unspecified atom stereocenters. The fourth-order valence-electron chi connectivity index (χ4n) is 2.29. The molecule has 0 rings (SSSR count).